The van der Waals surface area contributed by atoms with Gasteiger partial charge in [-0.2, -0.15) is 13.2 Å². The summed E-state index contributed by atoms with van der Waals surface area (Å²) in [7, 11) is 5.60. The Morgan fingerprint density at radius 3 is 1.81 bits per heavy atom. The van der Waals surface area contributed by atoms with E-state index in [1.165, 1.54) is 73.7 Å². The maximum Gasteiger partial charge on any atom is 0.417 e. The number of carbonyl (C=O) groups excluding carboxylic acids is 13. The van der Waals surface area contributed by atoms with E-state index in [1.54, 1.807) is 27.7 Å². The fraction of sp³-hybridized carbons (Fsp3) is 0.756. The molecular formula is C78H117ClF5N13O15S. The summed E-state index contributed by atoms with van der Waals surface area (Å²) in [5.74, 6) is -16.2. The van der Waals surface area contributed by atoms with Gasteiger partial charge in [0.25, 0.3) is 5.92 Å². The number of benzene rings is 1. The van der Waals surface area contributed by atoms with Crippen LogP contribution in [0.1, 0.15) is 187 Å². The van der Waals surface area contributed by atoms with Gasteiger partial charge in [0.05, 0.1) is 41.5 Å². The molecule has 3 saturated carbocycles. The molecule has 4 heterocycles. The molecule has 3 aliphatic carbocycles. The Kier molecular flexibility index (Phi) is 30.8. The second kappa shape index (κ2) is 38.3. The molecule has 28 nitrogen and oxygen atoms in total. The lowest BCUT2D eigenvalue weighted by Crippen LogP contribution is -2.66. The molecule has 3 N–H and O–H groups in total. The van der Waals surface area contributed by atoms with Crippen LogP contribution >= 0.6 is 11.6 Å². The van der Waals surface area contributed by atoms with E-state index in [9.17, 15) is 54.3 Å². The monoisotopic (exact) mass is 1640 g/mol. The third-order valence-electron chi connectivity index (χ3n) is 24.9. The zero-order valence-corrected chi connectivity index (χ0v) is 69.0. The van der Waals surface area contributed by atoms with Gasteiger partial charge >= 0.3 is 6.18 Å². The van der Waals surface area contributed by atoms with Gasteiger partial charge in [-0.15, -0.1) is 0 Å². The fourth-order valence-electron chi connectivity index (χ4n) is 17.1. The number of likely N-dealkylation sites (tertiary alicyclic amines) is 1. The van der Waals surface area contributed by atoms with Gasteiger partial charge in [-0.25, -0.2) is 17.2 Å². The van der Waals surface area contributed by atoms with Crippen molar-refractivity contribution >= 4 is 98.2 Å². The molecule has 632 valence electrons. The van der Waals surface area contributed by atoms with Crippen molar-refractivity contribution in [2.45, 2.75) is 254 Å². The molecule has 8 rings (SSSR count). The summed E-state index contributed by atoms with van der Waals surface area (Å²) in [6, 6.07) is -10.1. The van der Waals surface area contributed by atoms with Crippen LogP contribution in [0.3, 0.4) is 0 Å². The maximum absolute atomic E-state index is 16.0. The van der Waals surface area contributed by atoms with Crippen LogP contribution in [0.4, 0.5) is 22.0 Å². The lowest BCUT2D eigenvalue weighted by Gasteiger charge is -2.45. The van der Waals surface area contributed by atoms with Crippen molar-refractivity contribution in [3.63, 3.8) is 0 Å². The molecule has 10 atom stereocenters. The molecule has 13 amide bonds. The molecule has 0 bridgehead atoms. The standard InChI is InChI=1S/C78H117ClF5N13O15S/c1-13-48(4)64-73(108)89(7)49(5)68(103)97-34-29-56(97)71(106)92(10)59(43-50-21-15-14-16-22-50)70(105)88(6)46-61(98)85-55(28-26-51-25-27-53(54(79)42-51)78(82,83)84)69(104)91(9)58(44-63(100)95-35-32-77(80,81)33-36-95)67(102)87-76(30-19-20-31-76)75(110)94(12)65(52-23-17-18-24-52)74(109)93(11)60(72(107)96-37-39-113(111,112)40-38-96)45-62(99)90(8)57(41-47(2)3)66(101)86-64/h25,27,42,47-50,52,55-60,64-65H,13-24,26,28-41,43-46H2,1-12H3,(H,85,98)(H,86,101)(H,87,102)/t48-,49-,55-,56-,57-,58-,59-,60-,64-,65-/m0/s1. The summed E-state index contributed by atoms with van der Waals surface area (Å²) in [5, 5.41) is 7.73. The first-order valence-corrected chi connectivity index (χ1v) is 42.2. The zero-order chi connectivity index (χ0) is 83.7. The van der Waals surface area contributed by atoms with E-state index in [0.717, 1.165) is 69.0 Å². The fourth-order valence-corrected chi connectivity index (χ4v) is 18.6. The summed E-state index contributed by atoms with van der Waals surface area (Å²) < 4.78 is 97.3. The van der Waals surface area contributed by atoms with E-state index in [2.05, 4.69) is 16.0 Å². The van der Waals surface area contributed by atoms with Crippen LogP contribution in [-0.4, -0.2) is 300 Å². The number of hydrogen-bond acceptors (Lipinski definition) is 15. The number of carbonyl (C=O) groups is 13. The first kappa shape index (κ1) is 90.8. The average Bonchev–Trinajstić information content (AvgIpc) is 1.64. The molecule has 7 fully saturated rings. The van der Waals surface area contributed by atoms with Gasteiger partial charge in [0.1, 0.15) is 59.9 Å². The Labute approximate surface area is 665 Å². The van der Waals surface area contributed by atoms with E-state index >= 15 is 38.4 Å². The molecule has 0 unspecified atom stereocenters. The van der Waals surface area contributed by atoms with Crippen LogP contribution in [0.25, 0.3) is 0 Å². The van der Waals surface area contributed by atoms with Crippen LogP contribution < -0.4 is 16.0 Å². The van der Waals surface area contributed by atoms with Crippen molar-refractivity contribution in [3.05, 3.63) is 34.3 Å². The second-order valence-electron chi connectivity index (χ2n) is 33.1. The number of aryl methyl sites for hydroxylation is 1. The minimum atomic E-state index is -4.86. The molecule has 0 aromatic heterocycles. The third-order valence-corrected chi connectivity index (χ3v) is 26.8. The van der Waals surface area contributed by atoms with Crippen molar-refractivity contribution in [1.82, 2.24) is 64.9 Å². The molecule has 1 spiro atoms. The number of piperidine rings is 1. The molecule has 4 saturated heterocycles. The minimum Gasteiger partial charge on any atom is -0.343 e. The van der Waals surface area contributed by atoms with E-state index < -0.39 is 244 Å². The smallest absolute Gasteiger partial charge is 0.343 e. The van der Waals surface area contributed by atoms with Crippen LogP contribution in [0.2, 0.25) is 5.02 Å². The van der Waals surface area contributed by atoms with E-state index in [4.69, 9.17) is 11.6 Å². The molecule has 7 aliphatic rings. The highest BCUT2D eigenvalue weighted by Crippen LogP contribution is 2.39. The summed E-state index contributed by atoms with van der Waals surface area (Å²) >= 11 is 6.19. The van der Waals surface area contributed by atoms with Crippen molar-refractivity contribution in [2.75, 3.05) is 100 Å². The topological polar surface area (TPSA) is 325 Å². The number of fused-ring (bicyclic) bond motifs is 1. The van der Waals surface area contributed by atoms with E-state index in [0.29, 0.717) is 57.8 Å². The molecule has 1 aromatic rings. The van der Waals surface area contributed by atoms with E-state index in [-0.39, 0.29) is 75.6 Å². The number of rotatable bonds is 13. The molecule has 1 aromatic carbocycles. The highest BCUT2D eigenvalue weighted by Gasteiger charge is 2.53. The van der Waals surface area contributed by atoms with Crippen LogP contribution in [0.5, 0.6) is 0 Å². The predicted molar refractivity (Wildman–Crippen MR) is 408 cm³/mol. The van der Waals surface area contributed by atoms with Crippen LogP contribution in [0, 0.1) is 23.7 Å². The Hall–Kier alpha value is -7.78. The second-order valence-corrected chi connectivity index (χ2v) is 35.8. The normalized spacial score (nSPS) is 28.1. The maximum atomic E-state index is 16.0. The summed E-state index contributed by atoms with van der Waals surface area (Å²) in [4.78, 5) is 209. The minimum absolute atomic E-state index is 0.0128. The lowest BCUT2D eigenvalue weighted by atomic mass is 9.84. The van der Waals surface area contributed by atoms with Gasteiger partial charge in [0.2, 0.25) is 76.8 Å². The molecule has 0 radical (unpaired) electrons. The van der Waals surface area contributed by atoms with Gasteiger partial charge in [-0.1, -0.05) is 110 Å². The average molecular weight is 1640 g/mol. The SMILES string of the molecule is CC[C@H](C)[C@@H]1NC(=O)[C@H](CC(C)C)N(C)C(=O)C[C@@H](C(=O)N2CCS(=O)(=O)CC2)N(C)C(=O)[C@H](C2CCCC2)N(C)C(=O)C2(CCCC2)NC(=O)[C@H](CC(=O)N2CCC(F)(F)CC2)N(C)C(=O)[C@H](CCc2ccc(C(F)(F)F)c(Cl)c2)NC(=O)CN(C)C(=O)[C@H](CC2CCCCC2)N(C)C(=O)[C@@H]2CCN2C(=O)[C@H](C)N(C)C1=O. The van der Waals surface area contributed by atoms with Crippen molar-refractivity contribution in [1.29, 1.82) is 0 Å². The third kappa shape index (κ3) is 22.1. The van der Waals surface area contributed by atoms with Crippen molar-refractivity contribution in [2.24, 2.45) is 23.7 Å². The largest absolute Gasteiger partial charge is 0.417 e. The van der Waals surface area contributed by atoms with Crippen LogP contribution in [-0.2, 0) is 84.8 Å². The Bertz CT molecular complexity index is 3780. The van der Waals surface area contributed by atoms with Gasteiger partial charge in [0, 0.05) is 94.9 Å². The molecule has 35 heteroatoms. The Morgan fingerprint density at radius 1 is 0.637 bits per heavy atom. The summed E-state index contributed by atoms with van der Waals surface area (Å²) in [6.07, 6.45) is -1.54. The number of halogens is 6. The van der Waals surface area contributed by atoms with Gasteiger partial charge in [0.15, 0.2) is 9.84 Å². The number of nitrogens with zero attached hydrogens (tertiary/aromatic N) is 10. The predicted octanol–water partition coefficient (Wildman–Crippen LogP) is 5.29. The number of alkyl halides is 5. The summed E-state index contributed by atoms with van der Waals surface area (Å²) in [6.45, 7) is 6.39. The molecule has 4 aliphatic heterocycles. The highest BCUT2D eigenvalue weighted by atomic mass is 35.5. The molecular weight excluding hydrogens is 1520 g/mol. The lowest BCUT2D eigenvalue weighted by molar-refractivity contribution is -0.160. The number of hydrogen-bond donors (Lipinski definition) is 3. The zero-order valence-electron chi connectivity index (χ0n) is 67.4. The quantitative estimate of drug-likeness (QED) is 0.211. The van der Waals surface area contributed by atoms with E-state index in [1.807, 2.05) is 0 Å². The highest BCUT2D eigenvalue weighted by molar-refractivity contribution is 7.91. The van der Waals surface area contributed by atoms with Gasteiger partial charge in [-0.05, 0) is 106 Å². The van der Waals surface area contributed by atoms with Gasteiger partial charge in [-0.3, -0.25) is 62.3 Å². The van der Waals surface area contributed by atoms with Crippen molar-refractivity contribution < 1.29 is 92.7 Å². The first-order valence-electron chi connectivity index (χ1n) is 40.0. The number of nitrogens with one attached hydrogen (secondary N) is 3. The first-order chi connectivity index (χ1) is 52.9. The molecule has 113 heavy (non-hydrogen) atoms. The Morgan fingerprint density at radius 2 is 1.24 bits per heavy atom. The Balaban J connectivity index is 1.24. The van der Waals surface area contributed by atoms with Gasteiger partial charge < -0.3 is 64.9 Å². The summed E-state index contributed by atoms with van der Waals surface area (Å²) in [5.41, 5.74) is -2.91. The van der Waals surface area contributed by atoms with Crippen molar-refractivity contribution in [3.8, 4) is 0 Å². The van der Waals surface area contributed by atoms with Crippen LogP contribution in [0.15, 0.2) is 18.2 Å². The number of amides is 13. The number of likely N-dealkylation sites (N-methyl/N-ethyl adjacent to an activating group) is 7. The number of sulfone groups is 1.